The van der Waals surface area contributed by atoms with Crippen LogP contribution >= 0.6 is 23.2 Å². The van der Waals surface area contributed by atoms with Gasteiger partial charge in [0.2, 0.25) is 0 Å². The van der Waals surface area contributed by atoms with Crippen LogP contribution in [-0.2, 0) is 16.1 Å². The van der Waals surface area contributed by atoms with E-state index in [-0.39, 0.29) is 18.4 Å². The number of carbonyl (C=O) groups excluding carboxylic acids is 2. The summed E-state index contributed by atoms with van der Waals surface area (Å²) in [6, 6.07) is 11.1. The molecule has 0 aliphatic carbocycles. The number of carbonyl (C=O) groups is 2. The molecule has 1 aromatic heterocycles. The molecule has 32 heavy (non-hydrogen) atoms. The second-order valence-electron chi connectivity index (χ2n) is 7.36. The second-order valence-corrected chi connectivity index (χ2v) is 8.23. The van der Waals surface area contributed by atoms with Crippen molar-refractivity contribution in [3.05, 3.63) is 58.3 Å². The molecule has 0 fully saturated rings. The molecule has 2 amide bonds. The number of hydrogen-bond donors (Lipinski definition) is 3. The molecular formula is C22H23Cl2N5O3. The molecule has 168 valence electrons. The Hall–Kier alpha value is -3.10. The van der Waals surface area contributed by atoms with E-state index in [2.05, 4.69) is 25.9 Å². The van der Waals surface area contributed by atoms with Gasteiger partial charge in [-0.15, -0.1) is 0 Å². The zero-order valence-electron chi connectivity index (χ0n) is 17.8. The molecule has 3 N–H and O–H groups in total. The number of para-hydroxylation sites is 1. The van der Waals surface area contributed by atoms with Crippen molar-refractivity contribution in [2.24, 2.45) is 5.92 Å². The number of hydrogen-bond acceptors (Lipinski definition) is 6. The summed E-state index contributed by atoms with van der Waals surface area (Å²) in [5.74, 6) is 0.436. The Kier molecular flexibility index (Phi) is 7.71. The number of aromatic nitrogens is 2. The number of methoxy groups -OCH3 is 1. The summed E-state index contributed by atoms with van der Waals surface area (Å²) >= 11 is 11.9. The number of nitrogens with one attached hydrogen (secondary N) is 3. The van der Waals surface area contributed by atoms with Crippen molar-refractivity contribution in [2.45, 2.75) is 26.4 Å². The zero-order chi connectivity index (χ0) is 23.3. The van der Waals surface area contributed by atoms with E-state index in [0.717, 1.165) is 5.39 Å². The fourth-order valence-corrected chi connectivity index (χ4v) is 3.57. The van der Waals surface area contributed by atoms with Crippen LogP contribution in [0.4, 0.5) is 16.3 Å². The highest BCUT2D eigenvalue weighted by molar-refractivity contribution is 6.35. The smallest absolute Gasteiger partial charge is 0.328 e. The molecule has 0 aliphatic rings. The largest absolute Gasteiger partial charge is 0.467 e. The molecule has 1 atom stereocenters. The van der Waals surface area contributed by atoms with Gasteiger partial charge in [0.1, 0.15) is 11.9 Å². The lowest BCUT2D eigenvalue weighted by atomic mass is 10.0. The van der Waals surface area contributed by atoms with Crippen LogP contribution in [0.2, 0.25) is 10.0 Å². The Labute approximate surface area is 195 Å². The molecule has 3 rings (SSSR count). The minimum Gasteiger partial charge on any atom is -0.467 e. The zero-order valence-corrected chi connectivity index (χ0v) is 19.3. The Morgan fingerprint density at radius 1 is 1.06 bits per heavy atom. The number of anilines is 2. The van der Waals surface area contributed by atoms with E-state index in [0.29, 0.717) is 32.9 Å². The van der Waals surface area contributed by atoms with Crippen LogP contribution in [-0.4, -0.2) is 35.1 Å². The highest BCUT2D eigenvalue weighted by atomic mass is 35.5. The van der Waals surface area contributed by atoms with Crippen LogP contribution in [0, 0.1) is 5.92 Å². The molecule has 8 nitrogen and oxygen atoms in total. The minimum absolute atomic E-state index is 0.0342. The fraction of sp³-hybridized carbons (Fsp3) is 0.273. The molecule has 3 aromatic rings. The maximum Gasteiger partial charge on any atom is 0.328 e. The van der Waals surface area contributed by atoms with Gasteiger partial charge in [0.25, 0.3) is 0 Å². The van der Waals surface area contributed by atoms with Crippen LogP contribution < -0.4 is 16.0 Å². The van der Waals surface area contributed by atoms with Crippen LogP contribution in [0.25, 0.3) is 10.9 Å². The topological polar surface area (TPSA) is 105 Å². The van der Waals surface area contributed by atoms with Gasteiger partial charge in [0.05, 0.1) is 19.2 Å². The highest BCUT2D eigenvalue weighted by Crippen LogP contribution is 2.24. The van der Waals surface area contributed by atoms with E-state index in [1.165, 1.54) is 7.11 Å². The van der Waals surface area contributed by atoms with Crippen molar-refractivity contribution >= 4 is 57.6 Å². The second kappa shape index (κ2) is 10.5. The van der Waals surface area contributed by atoms with E-state index in [1.807, 2.05) is 38.1 Å². The lowest BCUT2D eigenvalue weighted by Crippen LogP contribution is -2.36. The predicted molar refractivity (Wildman–Crippen MR) is 126 cm³/mol. The number of urea groups is 1. The van der Waals surface area contributed by atoms with Gasteiger partial charge in [0, 0.05) is 21.1 Å². The Morgan fingerprint density at radius 2 is 1.75 bits per heavy atom. The van der Waals surface area contributed by atoms with Crippen LogP contribution in [0.5, 0.6) is 0 Å². The van der Waals surface area contributed by atoms with Gasteiger partial charge in [-0.1, -0.05) is 49.2 Å². The maximum absolute atomic E-state index is 12.3. The first-order valence-corrected chi connectivity index (χ1v) is 10.6. The Balaban J connectivity index is 1.79. The van der Waals surface area contributed by atoms with Gasteiger partial charge in [-0.05, 0) is 36.2 Å². The molecular weight excluding hydrogens is 453 g/mol. The average molecular weight is 476 g/mol. The first kappa shape index (κ1) is 23.6. The Morgan fingerprint density at radius 3 is 2.41 bits per heavy atom. The van der Waals surface area contributed by atoms with Crippen molar-refractivity contribution in [1.82, 2.24) is 15.3 Å². The molecule has 1 heterocycles. The molecule has 0 bridgehead atoms. The van der Waals surface area contributed by atoms with Crippen molar-refractivity contribution in [3.63, 3.8) is 0 Å². The number of halogens is 2. The van der Waals surface area contributed by atoms with E-state index >= 15 is 0 Å². The highest BCUT2D eigenvalue weighted by Gasteiger charge is 2.24. The first-order valence-electron chi connectivity index (χ1n) is 9.87. The minimum atomic E-state index is -0.588. The molecule has 0 saturated carbocycles. The number of amides is 2. The standard InChI is InChI=1S/C22H23Cl2N5O3/c1-12(2)19(21(30)32-3)29-20-16-6-4-5-7-17(16)27-18(28-20)11-25-22(31)26-15-9-13(23)8-14(24)10-15/h4-10,12,19H,11H2,1-3H3,(H2,25,26,31)(H,27,28,29)/t19-/m0/s1. The van der Waals surface area contributed by atoms with Crippen molar-refractivity contribution in [1.29, 1.82) is 0 Å². The molecule has 10 heteroatoms. The monoisotopic (exact) mass is 475 g/mol. The molecule has 0 spiro atoms. The third kappa shape index (κ3) is 5.99. The number of ether oxygens (including phenoxy) is 1. The van der Waals surface area contributed by atoms with Crippen LogP contribution in [0.15, 0.2) is 42.5 Å². The number of fused-ring (bicyclic) bond motifs is 1. The normalized spacial score (nSPS) is 11.8. The lowest BCUT2D eigenvalue weighted by Gasteiger charge is -2.21. The number of esters is 1. The molecule has 2 aromatic carbocycles. The van der Waals surface area contributed by atoms with E-state index in [1.54, 1.807) is 18.2 Å². The van der Waals surface area contributed by atoms with Crippen LogP contribution in [0.1, 0.15) is 19.7 Å². The lowest BCUT2D eigenvalue weighted by molar-refractivity contribution is -0.142. The number of benzene rings is 2. The maximum atomic E-state index is 12.3. The van der Waals surface area contributed by atoms with Gasteiger partial charge in [-0.3, -0.25) is 0 Å². The van der Waals surface area contributed by atoms with Gasteiger partial charge in [-0.2, -0.15) is 0 Å². The third-order valence-corrected chi connectivity index (χ3v) is 5.03. The van der Waals surface area contributed by atoms with E-state index in [4.69, 9.17) is 27.9 Å². The predicted octanol–water partition coefficient (Wildman–Crippen LogP) is 4.87. The summed E-state index contributed by atoms with van der Waals surface area (Å²) in [7, 11) is 1.35. The fourth-order valence-electron chi connectivity index (χ4n) is 3.05. The molecule has 0 saturated heterocycles. The summed E-state index contributed by atoms with van der Waals surface area (Å²) in [4.78, 5) is 33.6. The summed E-state index contributed by atoms with van der Waals surface area (Å²) in [5, 5.41) is 10.1. The molecule has 0 aliphatic heterocycles. The van der Waals surface area contributed by atoms with E-state index in [9.17, 15) is 9.59 Å². The van der Waals surface area contributed by atoms with Crippen LogP contribution in [0.3, 0.4) is 0 Å². The summed E-state index contributed by atoms with van der Waals surface area (Å²) in [6.45, 7) is 3.88. The van der Waals surface area contributed by atoms with Gasteiger partial charge >= 0.3 is 12.0 Å². The van der Waals surface area contributed by atoms with Gasteiger partial charge in [0.15, 0.2) is 5.82 Å². The van der Waals surface area contributed by atoms with E-state index < -0.39 is 12.1 Å². The number of rotatable bonds is 7. The first-order chi connectivity index (χ1) is 15.3. The summed E-state index contributed by atoms with van der Waals surface area (Å²) < 4.78 is 4.91. The summed E-state index contributed by atoms with van der Waals surface area (Å²) in [5.41, 5.74) is 1.14. The Bertz CT molecular complexity index is 1120. The third-order valence-electron chi connectivity index (χ3n) is 4.59. The number of nitrogens with zero attached hydrogens (tertiary/aromatic N) is 2. The molecule has 0 radical (unpaired) electrons. The van der Waals surface area contributed by atoms with Gasteiger partial charge < -0.3 is 20.7 Å². The SMILES string of the molecule is COC(=O)[C@@H](Nc1nc(CNC(=O)Nc2cc(Cl)cc(Cl)c2)nc2ccccc12)C(C)C. The van der Waals surface area contributed by atoms with Crippen molar-refractivity contribution in [2.75, 3.05) is 17.7 Å². The average Bonchev–Trinajstić information content (AvgIpc) is 2.74. The molecule has 0 unspecified atom stereocenters. The van der Waals surface area contributed by atoms with Gasteiger partial charge in [-0.25, -0.2) is 19.6 Å². The quantitative estimate of drug-likeness (QED) is 0.421. The van der Waals surface area contributed by atoms with Crippen molar-refractivity contribution in [3.8, 4) is 0 Å². The summed E-state index contributed by atoms with van der Waals surface area (Å²) in [6.07, 6.45) is 0. The van der Waals surface area contributed by atoms with Crippen molar-refractivity contribution < 1.29 is 14.3 Å².